The molecule has 0 unspecified atom stereocenters. The quantitative estimate of drug-likeness (QED) is 0.891. The standard InChI is InChI=1S/C20H28N4O2/c25-19(22-17-5-6-17)16-4-2-10-24(14-16)18-7-11-23(12-8-18)20(26)15-3-1-9-21-13-15/h1,3,9,13,16-18H,2,4-8,10-12,14H2,(H,22,25)/t16-/m1/s1. The highest BCUT2D eigenvalue weighted by atomic mass is 16.2. The minimum absolute atomic E-state index is 0.0804. The van der Waals surface area contributed by atoms with Crippen LogP contribution in [0.5, 0.6) is 0 Å². The number of carbonyl (C=O) groups excluding carboxylic acids is 2. The molecule has 3 fully saturated rings. The van der Waals surface area contributed by atoms with Crippen LogP contribution in [-0.2, 0) is 4.79 Å². The van der Waals surface area contributed by atoms with Gasteiger partial charge in [-0.3, -0.25) is 19.5 Å². The van der Waals surface area contributed by atoms with E-state index in [2.05, 4.69) is 15.2 Å². The van der Waals surface area contributed by atoms with Gasteiger partial charge >= 0.3 is 0 Å². The van der Waals surface area contributed by atoms with Crippen molar-refractivity contribution in [1.82, 2.24) is 20.1 Å². The van der Waals surface area contributed by atoms with Crippen molar-refractivity contribution in [3.63, 3.8) is 0 Å². The van der Waals surface area contributed by atoms with Crippen LogP contribution in [0.15, 0.2) is 24.5 Å². The lowest BCUT2D eigenvalue weighted by Crippen LogP contribution is -2.51. The van der Waals surface area contributed by atoms with Gasteiger partial charge in [0.15, 0.2) is 0 Å². The first-order valence-corrected chi connectivity index (χ1v) is 9.94. The molecular formula is C20H28N4O2. The van der Waals surface area contributed by atoms with Gasteiger partial charge in [0.05, 0.1) is 11.5 Å². The van der Waals surface area contributed by atoms with E-state index in [1.807, 2.05) is 11.0 Å². The van der Waals surface area contributed by atoms with E-state index in [0.29, 0.717) is 17.6 Å². The molecule has 0 spiro atoms. The van der Waals surface area contributed by atoms with Gasteiger partial charge in [-0.1, -0.05) is 0 Å². The van der Waals surface area contributed by atoms with Crippen LogP contribution in [-0.4, -0.2) is 64.9 Å². The predicted molar refractivity (Wildman–Crippen MR) is 98.6 cm³/mol. The van der Waals surface area contributed by atoms with Crippen molar-refractivity contribution in [1.29, 1.82) is 0 Å². The first-order valence-electron chi connectivity index (χ1n) is 9.94. The van der Waals surface area contributed by atoms with Gasteiger partial charge in [-0.05, 0) is 57.2 Å². The number of carbonyl (C=O) groups is 2. The number of hydrogen-bond acceptors (Lipinski definition) is 4. The molecule has 6 heteroatoms. The lowest BCUT2D eigenvalue weighted by molar-refractivity contribution is -0.127. The molecule has 1 atom stereocenters. The summed E-state index contributed by atoms with van der Waals surface area (Å²) >= 11 is 0. The molecule has 2 saturated heterocycles. The van der Waals surface area contributed by atoms with Gasteiger partial charge in [0.1, 0.15) is 0 Å². The lowest BCUT2D eigenvalue weighted by Gasteiger charge is -2.42. The number of nitrogens with one attached hydrogen (secondary N) is 1. The fourth-order valence-electron chi connectivity index (χ4n) is 4.20. The molecule has 3 heterocycles. The minimum Gasteiger partial charge on any atom is -0.353 e. The van der Waals surface area contributed by atoms with E-state index in [0.717, 1.165) is 64.7 Å². The zero-order valence-corrected chi connectivity index (χ0v) is 15.3. The second-order valence-corrected chi connectivity index (χ2v) is 7.88. The van der Waals surface area contributed by atoms with E-state index in [1.54, 1.807) is 18.5 Å². The SMILES string of the molecule is O=C(NC1CC1)[C@@H]1CCCN(C2CCN(C(=O)c3cccnc3)CC2)C1. The molecule has 1 aromatic rings. The molecule has 0 aromatic carbocycles. The highest BCUT2D eigenvalue weighted by Crippen LogP contribution is 2.26. The normalized spacial score (nSPS) is 25.1. The maximum Gasteiger partial charge on any atom is 0.255 e. The third-order valence-corrected chi connectivity index (χ3v) is 5.92. The smallest absolute Gasteiger partial charge is 0.255 e. The Bertz CT molecular complexity index is 638. The molecule has 1 saturated carbocycles. The summed E-state index contributed by atoms with van der Waals surface area (Å²) in [6, 6.07) is 4.57. The van der Waals surface area contributed by atoms with Crippen molar-refractivity contribution in [2.75, 3.05) is 26.2 Å². The van der Waals surface area contributed by atoms with Crippen LogP contribution in [0.2, 0.25) is 0 Å². The third-order valence-electron chi connectivity index (χ3n) is 5.92. The fourth-order valence-corrected chi connectivity index (χ4v) is 4.20. The number of pyridine rings is 1. The van der Waals surface area contributed by atoms with Crippen LogP contribution in [0.1, 0.15) is 48.9 Å². The average Bonchev–Trinajstić information content (AvgIpc) is 3.52. The van der Waals surface area contributed by atoms with Crippen molar-refractivity contribution >= 4 is 11.8 Å². The van der Waals surface area contributed by atoms with Gasteiger partial charge in [-0.15, -0.1) is 0 Å². The number of amides is 2. The topological polar surface area (TPSA) is 65.5 Å². The maximum atomic E-state index is 12.6. The summed E-state index contributed by atoms with van der Waals surface area (Å²) < 4.78 is 0. The van der Waals surface area contributed by atoms with Crippen LogP contribution in [0.3, 0.4) is 0 Å². The number of hydrogen-bond donors (Lipinski definition) is 1. The van der Waals surface area contributed by atoms with Crippen LogP contribution in [0.25, 0.3) is 0 Å². The molecule has 4 rings (SSSR count). The van der Waals surface area contributed by atoms with E-state index < -0.39 is 0 Å². The Labute approximate surface area is 155 Å². The van der Waals surface area contributed by atoms with E-state index >= 15 is 0 Å². The Morgan fingerprint density at radius 3 is 2.58 bits per heavy atom. The largest absolute Gasteiger partial charge is 0.353 e. The summed E-state index contributed by atoms with van der Waals surface area (Å²) in [6.07, 6.45) is 9.70. The van der Waals surface area contributed by atoms with Gasteiger partial charge < -0.3 is 10.2 Å². The predicted octanol–water partition coefficient (Wildman–Crippen LogP) is 1.68. The highest BCUT2D eigenvalue weighted by molar-refractivity contribution is 5.93. The highest BCUT2D eigenvalue weighted by Gasteiger charge is 2.34. The Morgan fingerprint density at radius 1 is 1.08 bits per heavy atom. The summed E-state index contributed by atoms with van der Waals surface area (Å²) in [6.45, 7) is 3.52. The molecule has 140 valence electrons. The second-order valence-electron chi connectivity index (χ2n) is 7.88. The third kappa shape index (κ3) is 4.06. The summed E-state index contributed by atoms with van der Waals surface area (Å²) in [5, 5.41) is 3.16. The van der Waals surface area contributed by atoms with Crippen LogP contribution < -0.4 is 5.32 Å². The molecule has 0 bridgehead atoms. The molecule has 6 nitrogen and oxygen atoms in total. The number of piperidine rings is 2. The maximum absolute atomic E-state index is 12.6. The number of likely N-dealkylation sites (tertiary alicyclic amines) is 2. The molecule has 1 N–H and O–H groups in total. The van der Waals surface area contributed by atoms with Crippen molar-refractivity contribution in [3.05, 3.63) is 30.1 Å². The first-order chi connectivity index (χ1) is 12.7. The van der Waals surface area contributed by atoms with Crippen molar-refractivity contribution in [3.8, 4) is 0 Å². The lowest BCUT2D eigenvalue weighted by atomic mass is 9.93. The molecule has 2 amide bonds. The average molecular weight is 356 g/mol. The van der Waals surface area contributed by atoms with E-state index in [1.165, 1.54) is 0 Å². The van der Waals surface area contributed by atoms with Crippen molar-refractivity contribution < 1.29 is 9.59 Å². The molecule has 2 aliphatic heterocycles. The van der Waals surface area contributed by atoms with Gasteiger partial charge in [-0.2, -0.15) is 0 Å². The molecule has 1 aliphatic carbocycles. The number of aromatic nitrogens is 1. The molecular weight excluding hydrogens is 328 g/mol. The van der Waals surface area contributed by atoms with Gasteiger partial charge in [0.2, 0.25) is 5.91 Å². The number of nitrogens with zero attached hydrogens (tertiary/aromatic N) is 3. The Hall–Kier alpha value is -1.95. The Balaban J connectivity index is 1.28. The van der Waals surface area contributed by atoms with E-state index in [-0.39, 0.29) is 17.7 Å². The zero-order valence-electron chi connectivity index (χ0n) is 15.3. The van der Waals surface area contributed by atoms with E-state index in [4.69, 9.17) is 0 Å². The van der Waals surface area contributed by atoms with Crippen LogP contribution >= 0.6 is 0 Å². The Morgan fingerprint density at radius 2 is 1.88 bits per heavy atom. The summed E-state index contributed by atoms with van der Waals surface area (Å²) in [4.78, 5) is 33.4. The molecule has 3 aliphatic rings. The summed E-state index contributed by atoms with van der Waals surface area (Å²) in [7, 11) is 0. The van der Waals surface area contributed by atoms with Gasteiger partial charge in [0, 0.05) is 44.1 Å². The molecule has 1 aromatic heterocycles. The summed E-state index contributed by atoms with van der Waals surface area (Å²) in [5.74, 6) is 0.470. The monoisotopic (exact) mass is 356 g/mol. The fraction of sp³-hybridized carbons (Fsp3) is 0.650. The van der Waals surface area contributed by atoms with Gasteiger partial charge in [0.25, 0.3) is 5.91 Å². The molecule has 0 radical (unpaired) electrons. The minimum atomic E-state index is 0.0804. The second kappa shape index (κ2) is 7.74. The van der Waals surface area contributed by atoms with E-state index in [9.17, 15) is 9.59 Å². The zero-order chi connectivity index (χ0) is 17.9. The molecule has 26 heavy (non-hydrogen) atoms. The van der Waals surface area contributed by atoms with Crippen LogP contribution in [0.4, 0.5) is 0 Å². The first kappa shape index (κ1) is 17.5. The van der Waals surface area contributed by atoms with Crippen molar-refractivity contribution in [2.45, 2.75) is 50.6 Å². The van der Waals surface area contributed by atoms with Crippen LogP contribution in [0, 0.1) is 5.92 Å². The van der Waals surface area contributed by atoms with Gasteiger partial charge in [-0.25, -0.2) is 0 Å². The Kier molecular flexibility index (Phi) is 5.20. The van der Waals surface area contributed by atoms with Crippen molar-refractivity contribution in [2.24, 2.45) is 5.92 Å². The number of rotatable bonds is 4. The summed E-state index contributed by atoms with van der Waals surface area (Å²) in [5.41, 5.74) is 0.667.